The van der Waals surface area contributed by atoms with E-state index >= 15 is 0 Å². The minimum Gasteiger partial charge on any atom is -0.256 e. The van der Waals surface area contributed by atoms with Gasteiger partial charge in [-0.25, -0.2) is 4.85 Å². The molecule has 0 bridgehead atoms. The van der Waals surface area contributed by atoms with Gasteiger partial charge in [-0.1, -0.05) is 12.1 Å². The maximum Gasteiger partial charge on any atom is 0.213 e. The molecule has 13 heavy (non-hydrogen) atoms. The molecular weight excluding hydrogens is 182 g/mol. The maximum atomic E-state index is 8.77. The second-order valence-corrected chi connectivity index (χ2v) is 3.24. The average Bonchev–Trinajstić information content (AvgIpc) is 2.64. The highest BCUT2D eigenvalue weighted by Gasteiger charge is 2.07. The van der Waals surface area contributed by atoms with E-state index in [1.807, 2.05) is 0 Å². The van der Waals surface area contributed by atoms with Crippen LogP contribution in [0.2, 0.25) is 0 Å². The van der Waals surface area contributed by atoms with Crippen LogP contribution in [0.4, 0.5) is 5.69 Å². The molecule has 1 heterocycles. The normalized spacial score (nSPS) is 9.38. The van der Waals surface area contributed by atoms with Crippen LogP contribution in [0, 0.1) is 17.9 Å². The molecule has 0 atom stereocenters. The van der Waals surface area contributed by atoms with Crippen molar-refractivity contribution < 1.29 is 0 Å². The SMILES string of the molecule is [C-]#[N+]c1ccc(C#N)c2scnc12. The highest BCUT2D eigenvalue weighted by atomic mass is 32.1. The molecule has 2 aromatic rings. The van der Waals surface area contributed by atoms with Crippen LogP contribution in [0.3, 0.4) is 0 Å². The van der Waals surface area contributed by atoms with Crippen molar-refractivity contribution in [3.8, 4) is 6.07 Å². The summed E-state index contributed by atoms with van der Waals surface area (Å²) in [6.07, 6.45) is 0. The minimum absolute atomic E-state index is 0.509. The Morgan fingerprint density at radius 1 is 1.54 bits per heavy atom. The van der Waals surface area contributed by atoms with E-state index in [2.05, 4.69) is 15.9 Å². The molecule has 0 spiro atoms. The second kappa shape index (κ2) is 2.85. The van der Waals surface area contributed by atoms with E-state index in [9.17, 15) is 0 Å². The molecule has 2 rings (SSSR count). The summed E-state index contributed by atoms with van der Waals surface area (Å²) in [5, 5.41) is 8.77. The maximum absolute atomic E-state index is 8.77. The van der Waals surface area contributed by atoms with Gasteiger partial charge < -0.3 is 0 Å². The van der Waals surface area contributed by atoms with Crippen molar-refractivity contribution >= 4 is 27.2 Å². The monoisotopic (exact) mass is 185 g/mol. The van der Waals surface area contributed by atoms with Crippen LogP contribution in [0.15, 0.2) is 17.6 Å². The van der Waals surface area contributed by atoms with E-state index < -0.39 is 0 Å². The molecule has 0 saturated heterocycles. The Morgan fingerprint density at radius 3 is 3.08 bits per heavy atom. The van der Waals surface area contributed by atoms with Gasteiger partial charge in [-0.05, 0) is 0 Å². The molecular formula is C9H3N3S. The third-order valence-corrected chi connectivity index (χ3v) is 2.56. The van der Waals surface area contributed by atoms with Crippen molar-refractivity contribution in [2.75, 3.05) is 0 Å². The van der Waals surface area contributed by atoms with E-state index in [1.165, 1.54) is 11.3 Å². The fourth-order valence-electron chi connectivity index (χ4n) is 1.11. The Labute approximate surface area is 78.7 Å². The molecule has 0 aliphatic carbocycles. The summed E-state index contributed by atoms with van der Waals surface area (Å²) in [5.74, 6) is 0. The average molecular weight is 185 g/mol. The first-order valence-electron chi connectivity index (χ1n) is 3.50. The number of thiazole rings is 1. The van der Waals surface area contributed by atoms with Gasteiger partial charge >= 0.3 is 0 Å². The van der Waals surface area contributed by atoms with Crippen LogP contribution in [0.5, 0.6) is 0 Å². The number of aromatic nitrogens is 1. The molecule has 1 aromatic heterocycles. The number of rotatable bonds is 0. The van der Waals surface area contributed by atoms with Gasteiger partial charge in [0, 0.05) is 0 Å². The van der Waals surface area contributed by atoms with E-state index in [-0.39, 0.29) is 0 Å². The molecule has 0 saturated carbocycles. The van der Waals surface area contributed by atoms with Gasteiger partial charge in [-0.3, -0.25) is 4.98 Å². The second-order valence-electron chi connectivity index (χ2n) is 2.39. The summed E-state index contributed by atoms with van der Waals surface area (Å²) in [6, 6.07) is 5.37. The van der Waals surface area contributed by atoms with Gasteiger partial charge in [0.2, 0.25) is 5.69 Å². The number of nitrogens with zero attached hydrogens (tertiary/aromatic N) is 3. The zero-order chi connectivity index (χ0) is 9.26. The fourth-order valence-corrected chi connectivity index (χ4v) is 1.89. The van der Waals surface area contributed by atoms with Crippen LogP contribution < -0.4 is 0 Å². The molecule has 1 aromatic carbocycles. The standard InChI is InChI=1S/C9H3N3S/c1-11-7-3-2-6(4-10)9-8(7)12-5-13-9/h2-3,5H. The Kier molecular flexibility index (Phi) is 1.70. The fraction of sp³-hybridized carbons (Fsp3) is 0. The van der Waals surface area contributed by atoms with Gasteiger partial charge in [0.25, 0.3) is 0 Å². The Bertz CT molecular complexity index is 494. The summed E-state index contributed by atoms with van der Waals surface area (Å²) in [7, 11) is 0. The minimum atomic E-state index is 0.509. The molecule has 0 N–H and O–H groups in total. The summed E-state index contributed by atoms with van der Waals surface area (Å²) in [5.41, 5.74) is 3.39. The molecule has 0 radical (unpaired) electrons. The smallest absolute Gasteiger partial charge is 0.213 e. The van der Waals surface area contributed by atoms with Crippen molar-refractivity contribution in [2.45, 2.75) is 0 Å². The number of fused-ring (bicyclic) bond motifs is 1. The quantitative estimate of drug-likeness (QED) is 0.592. The molecule has 0 aliphatic heterocycles. The first-order chi connectivity index (χ1) is 6.36. The lowest BCUT2D eigenvalue weighted by Gasteiger charge is -1.92. The van der Waals surface area contributed by atoms with E-state index in [0.717, 1.165) is 4.70 Å². The summed E-state index contributed by atoms with van der Waals surface area (Å²) in [4.78, 5) is 7.38. The van der Waals surface area contributed by atoms with Gasteiger partial charge in [-0.2, -0.15) is 5.26 Å². The summed E-state index contributed by atoms with van der Waals surface area (Å²) >= 11 is 1.39. The predicted molar refractivity (Wildman–Crippen MR) is 50.6 cm³/mol. The zero-order valence-corrected chi connectivity index (χ0v) is 7.30. The lowest BCUT2D eigenvalue weighted by molar-refractivity contribution is 1.48. The van der Waals surface area contributed by atoms with Crippen molar-refractivity contribution in [1.29, 1.82) is 5.26 Å². The topological polar surface area (TPSA) is 41.0 Å². The van der Waals surface area contributed by atoms with E-state index in [1.54, 1.807) is 17.6 Å². The molecule has 4 heteroatoms. The predicted octanol–water partition coefficient (Wildman–Crippen LogP) is 2.72. The van der Waals surface area contributed by atoms with Gasteiger partial charge in [0.1, 0.15) is 6.07 Å². The van der Waals surface area contributed by atoms with Crippen molar-refractivity contribution in [1.82, 2.24) is 4.98 Å². The lowest BCUT2D eigenvalue weighted by atomic mass is 10.2. The molecule has 0 unspecified atom stereocenters. The number of hydrogen-bond acceptors (Lipinski definition) is 3. The molecule has 0 fully saturated rings. The van der Waals surface area contributed by atoms with Crippen molar-refractivity contribution in [2.24, 2.45) is 0 Å². The lowest BCUT2D eigenvalue weighted by Crippen LogP contribution is -1.74. The summed E-state index contributed by atoms with van der Waals surface area (Å²) < 4.78 is 0.802. The highest BCUT2D eigenvalue weighted by Crippen LogP contribution is 2.30. The summed E-state index contributed by atoms with van der Waals surface area (Å²) in [6.45, 7) is 6.90. The number of hydrogen-bond donors (Lipinski definition) is 0. The Morgan fingerprint density at radius 2 is 2.38 bits per heavy atom. The van der Waals surface area contributed by atoms with Crippen LogP contribution in [0.25, 0.3) is 15.1 Å². The Balaban J connectivity index is 2.93. The third-order valence-electron chi connectivity index (χ3n) is 1.70. The van der Waals surface area contributed by atoms with Gasteiger partial charge in [0.05, 0.1) is 27.9 Å². The van der Waals surface area contributed by atoms with Crippen molar-refractivity contribution in [3.63, 3.8) is 0 Å². The van der Waals surface area contributed by atoms with Crippen LogP contribution in [0.1, 0.15) is 5.56 Å². The van der Waals surface area contributed by atoms with E-state index in [4.69, 9.17) is 11.8 Å². The molecule has 0 amide bonds. The third kappa shape index (κ3) is 1.05. The number of nitriles is 1. The first-order valence-corrected chi connectivity index (χ1v) is 4.38. The van der Waals surface area contributed by atoms with Crippen LogP contribution >= 0.6 is 11.3 Å². The highest BCUT2D eigenvalue weighted by molar-refractivity contribution is 7.17. The van der Waals surface area contributed by atoms with E-state index in [0.29, 0.717) is 16.8 Å². The largest absolute Gasteiger partial charge is 0.256 e. The molecule has 3 nitrogen and oxygen atoms in total. The molecule has 60 valence electrons. The first kappa shape index (κ1) is 7.72. The van der Waals surface area contributed by atoms with Crippen LogP contribution in [-0.4, -0.2) is 4.98 Å². The molecule has 0 aliphatic rings. The van der Waals surface area contributed by atoms with Crippen LogP contribution in [-0.2, 0) is 0 Å². The van der Waals surface area contributed by atoms with Gasteiger partial charge in [-0.15, -0.1) is 11.3 Å². The number of benzene rings is 1. The Hall–Kier alpha value is -1.91. The zero-order valence-electron chi connectivity index (χ0n) is 6.48. The van der Waals surface area contributed by atoms with Crippen molar-refractivity contribution in [3.05, 3.63) is 34.6 Å². The van der Waals surface area contributed by atoms with Gasteiger partial charge in [0.15, 0.2) is 0 Å².